The molecule has 0 saturated heterocycles. The minimum atomic E-state index is 0.00615. The van der Waals surface area contributed by atoms with E-state index in [4.69, 9.17) is 11.6 Å². The van der Waals surface area contributed by atoms with Gasteiger partial charge in [0.2, 0.25) is 0 Å². The molecule has 4 heteroatoms. The fourth-order valence-corrected chi connectivity index (χ4v) is 5.02. The van der Waals surface area contributed by atoms with Crippen LogP contribution in [0.25, 0.3) is 0 Å². The van der Waals surface area contributed by atoms with Crippen LogP contribution in [0.4, 0.5) is 0 Å². The summed E-state index contributed by atoms with van der Waals surface area (Å²) in [7, 11) is 0. The van der Waals surface area contributed by atoms with Gasteiger partial charge in [-0.15, -0.1) is 0 Å². The Bertz CT molecular complexity index is 500. The second kappa shape index (κ2) is 4.73. The van der Waals surface area contributed by atoms with Crippen LogP contribution in [-0.4, -0.2) is 16.9 Å². The van der Waals surface area contributed by atoms with E-state index in [1.54, 1.807) is 18.3 Å². The number of nitrogens with one attached hydrogen (secondary N) is 1. The molecule has 0 spiro atoms. The lowest BCUT2D eigenvalue weighted by Crippen LogP contribution is -2.55. The molecule has 0 radical (unpaired) electrons. The Kier molecular flexibility index (Phi) is 2.99. The monoisotopic (exact) mass is 290 g/mol. The number of amides is 1. The second-order valence-electron chi connectivity index (χ2n) is 6.80. The quantitative estimate of drug-likeness (QED) is 0.849. The van der Waals surface area contributed by atoms with Crippen LogP contribution in [0.1, 0.15) is 42.5 Å². The van der Waals surface area contributed by atoms with E-state index in [0.29, 0.717) is 28.6 Å². The first kappa shape index (κ1) is 12.6. The van der Waals surface area contributed by atoms with Gasteiger partial charge in [-0.05, 0) is 67.9 Å². The van der Waals surface area contributed by atoms with Gasteiger partial charge >= 0.3 is 0 Å². The zero-order valence-corrected chi connectivity index (χ0v) is 12.1. The summed E-state index contributed by atoms with van der Waals surface area (Å²) in [5.74, 6) is 3.28. The van der Waals surface area contributed by atoms with Crippen molar-refractivity contribution >= 4 is 17.5 Å². The lowest BCUT2D eigenvalue weighted by molar-refractivity contribution is -0.0119. The molecule has 1 amide bonds. The summed E-state index contributed by atoms with van der Waals surface area (Å²) in [5.41, 5.74) is 0.614. The van der Waals surface area contributed by atoms with Crippen molar-refractivity contribution in [1.29, 1.82) is 0 Å². The lowest BCUT2D eigenvalue weighted by atomic mass is 9.54. The molecule has 0 atom stereocenters. The molecule has 0 unspecified atom stereocenters. The highest BCUT2D eigenvalue weighted by Crippen LogP contribution is 2.53. The maximum atomic E-state index is 12.4. The number of rotatable bonds is 2. The first-order valence-electron chi connectivity index (χ1n) is 7.61. The molecule has 0 aliphatic heterocycles. The average molecular weight is 291 g/mol. The molecule has 4 aliphatic carbocycles. The Morgan fingerprint density at radius 3 is 2.30 bits per heavy atom. The molecule has 4 saturated carbocycles. The second-order valence-corrected chi connectivity index (χ2v) is 7.19. The van der Waals surface area contributed by atoms with Crippen molar-refractivity contribution in [2.75, 3.05) is 0 Å². The Balaban J connectivity index is 1.49. The Morgan fingerprint density at radius 2 is 1.75 bits per heavy atom. The predicted octanol–water partition coefficient (Wildman–Crippen LogP) is 3.29. The van der Waals surface area contributed by atoms with Crippen LogP contribution in [0.2, 0.25) is 5.15 Å². The van der Waals surface area contributed by atoms with Gasteiger partial charge in [0.1, 0.15) is 5.15 Å². The largest absolute Gasteiger partial charge is 0.349 e. The maximum absolute atomic E-state index is 12.4. The van der Waals surface area contributed by atoms with Crippen LogP contribution in [0, 0.1) is 23.7 Å². The molecule has 0 aromatic carbocycles. The summed E-state index contributed by atoms with van der Waals surface area (Å²) in [5, 5.41) is 3.70. The molecule has 1 N–H and O–H groups in total. The topological polar surface area (TPSA) is 42.0 Å². The maximum Gasteiger partial charge on any atom is 0.253 e. The van der Waals surface area contributed by atoms with Crippen molar-refractivity contribution in [3.63, 3.8) is 0 Å². The highest BCUT2D eigenvalue weighted by Gasteiger charge is 2.48. The van der Waals surface area contributed by atoms with Gasteiger partial charge in [-0.3, -0.25) is 4.79 Å². The van der Waals surface area contributed by atoms with Gasteiger partial charge in [-0.1, -0.05) is 11.6 Å². The van der Waals surface area contributed by atoms with Gasteiger partial charge in [-0.25, -0.2) is 4.98 Å². The van der Waals surface area contributed by atoms with Crippen molar-refractivity contribution in [3.8, 4) is 0 Å². The molecular weight excluding hydrogens is 272 g/mol. The van der Waals surface area contributed by atoms with E-state index in [-0.39, 0.29) is 5.91 Å². The standard InChI is InChI=1S/C16H19ClN2O/c17-14-2-1-11(8-18-14)16(20)19-15-12-4-9-3-10(6-12)7-13(15)5-9/h1-2,8-10,12-13,15H,3-7H2,(H,19,20). The highest BCUT2D eigenvalue weighted by atomic mass is 35.5. The lowest BCUT2D eigenvalue weighted by Gasteiger charge is -2.54. The van der Waals surface area contributed by atoms with E-state index in [0.717, 1.165) is 11.8 Å². The van der Waals surface area contributed by atoms with Crippen molar-refractivity contribution < 1.29 is 4.79 Å². The van der Waals surface area contributed by atoms with E-state index < -0.39 is 0 Å². The number of nitrogens with zero attached hydrogens (tertiary/aromatic N) is 1. The molecule has 4 aliphatic rings. The average Bonchev–Trinajstić information content (AvgIpc) is 2.42. The minimum Gasteiger partial charge on any atom is -0.349 e. The summed E-state index contributed by atoms with van der Waals surface area (Å²) in [6, 6.07) is 3.81. The van der Waals surface area contributed by atoms with E-state index in [2.05, 4.69) is 10.3 Å². The van der Waals surface area contributed by atoms with Gasteiger partial charge in [-0.2, -0.15) is 0 Å². The summed E-state index contributed by atoms with van der Waals surface area (Å²) in [6.07, 6.45) is 8.27. The van der Waals surface area contributed by atoms with E-state index in [1.165, 1.54) is 32.1 Å². The summed E-state index contributed by atoms with van der Waals surface area (Å²) in [4.78, 5) is 16.3. The van der Waals surface area contributed by atoms with Gasteiger partial charge in [0.25, 0.3) is 5.91 Å². The molecule has 3 nitrogen and oxygen atoms in total. The molecule has 4 bridgehead atoms. The van der Waals surface area contributed by atoms with Crippen LogP contribution < -0.4 is 5.32 Å². The third kappa shape index (κ3) is 2.12. The zero-order chi connectivity index (χ0) is 13.7. The van der Waals surface area contributed by atoms with Crippen molar-refractivity contribution in [2.45, 2.75) is 38.1 Å². The molecule has 1 aromatic heterocycles. The van der Waals surface area contributed by atoms with E-state index >= 15 is 0 Å². The van der Waals surface area contributed by atoms with Gasteiger partial charge in [0.05, 0.1) is 5.56 Å². The Labute approximate surface area is 124 Å². The van der Waals surface area contributed by atoms with Gasteiger partial charge in [0, 0.05) is 12.2 Å². The number of hydrogen-bond acceptors (Lipinski definition) is 2. The Hall–Kier alpha value is -1.09. The van der Waals surface area contributed by atoms with Crippen molar-refractivity contribution in [2.24, 2.45) is 23.7 Å². The molecule has 4 fully saturated rings. The van der Waals surface area contributed by atoms with E-state index in [9.17, 15) is 4.79 Å². The van der Waals surface area contributed by atoms with Crippen LogP contribution in [-0.2, 0) is 0 Å². The fraction of sp³-hybridized carbons (Fsp3) is 0.625. The summed E-state index contributed by atoms with van der Waals surface area (Å²) in [6.45, 7) is 0. The van der Waals surface area contributed by atoms with E-state index in [1.807, 2.05) is 0 Å². The molecule has 1 aromatic rings. The Morgan fingerprint density at radius 1 is 1.10 bits per heavy atom. The molecule has 5 rings (SSSR count). The number of carbonyl (C=O) groups excluding carboxylic acids is 1. The van der Waals surface area contributed by atoms with Gasteiger partial charge in [0.15, 0.2) is 0 Å². The molecule has 20 heavy (non-hydrogen) atoms. The summed E-state index contributed by atoms with van der Waals surface area (Å²) >= 11 is 5.76. The third-order valence-electron chi connectivity index (χ3n) is 5.51. The van der Waals surface area contributed by atoms with Crippen LogP contribution in [0.15, 0.2) is 18.3 Å². The normalized spacial score (nSPS) is 38.0. The number of halogens is 1. The zero-order valence-electron chi connectivity index (χ0n) is 11.4. The number of aromatic nitrogens is 1. The highest BCUT2D eigenvalue weighted by molar-refractivity contribution is 6.29. The van der Waals surface area contributed by atoms with Crippen molar-refractivity contribution in [3.05, 3.63) is 29.0 Å². The fourth-order valence-electron chi connectivity index (χ4n) is 4.91. The third-order valence-corrected chi connectivity index (χ3v) is 5.74. The predicted molar refractivity (Wildman–Crippen MR) is 77.5 cm³/mol. The number of hydrogen-bond donors (Lipinski definition) is 1. The van der Waals surface area contributed by atoms with Crippen LogP contribution in [0.3, 0.4) is 0 Å². The van der Waals surface area contributed by atoms with Crippen LogP contribution in [0.5, 0.6) is 0 Å². The molecule has 1 heterocycles. The molecule has 106 valence electrons. The minimum absolute atomic E-state index is 0.00615. The van der Waals surface area contributed by atoms with Crippen molar-refractivity contribution in [1.82, 2.24) is 10.3 Å². The summed E-state index contributed by atoms with van der Waals surface area (Å²) < 4.78 is 0. The number of pyridine rings is 1. The smallest absolute Gasteiger partial charge is 0.253 e. The first-order valence-corrected chi connectivity index (χ1v) is 7.99. The SMILES string of the molecule is O=C(NC1C2CC3CC(C2)CC1C3)c1ccc(Cl)nc1. The first-order chi connectivity index (χ1) is 9.69. The van der Waals surface area contributed by atoms with Crippen LogP contribution >= 0.6 is 11.6 Å². The number of carbonyl (C=O) groups is 1. The van der Waals surface area contributed by atoms with Gasteiger partial charge < -0.3 is 5.32 Å². The molecular formula is C16H19ClN2O.